The van der Waals surface area contributed by atoms with Gasteiger partial charge in [-0.3, -0.25) is 9.78 Å². The quantitative estimate of drug-likeness (QED) is 0.0941. The monoisotopic (exact) mass is 853 g/mol. The van der Waals surface area contributed by atoms with E-state index in [0.29, 0.717) is 0 Å². The van der Waals surface area contributed by atoms with Crippen molar-refractivity contribution in [2.24, 2.45) is 10.8 Å². The molecule has 0 bridgehead atoms. The molecule has 4 nitrogen and oxygen atoms in total. The zero-order valence-electron chi connectivity index (χ0n) is 30.6. The number of carbonyl (C=O) groups is 1. The number of hydrogen-bond acceptors (Lipinski definition) is 5. The predicted molar refractivity (Wildman–Crippen MR) is 205 cm³/mol. The molecule has 261 valence electrons. The summed E-state index contributed by atoms with van der Waals surface area (Å²) in [6.45, 7) is 21.0. The topological polar surface area (TPSA) is 63.3 Å². The standard InChI is InChI=1S/C28H22NOS.C15H28O2.Ir/c1-16-15-31-23-10-9-22-25(24(16)23)20-11-12-29-26(27(20)30-22)18-13-17-7-5-6-8-19(17)21(14-18)28(2,3)4;1-7-14(5,8-2)12(16)11-13(17)15(6,9-3)10-4;/h5-12,14-15H,1-4H3;11,16H,7-10H2,1-6H3;/q-1;;/b;12-11-;. The fourth-order valence-corrected chi connectivity index (χ4v) is 7.28. The van der Waals surface area contributed by atoms with E-state index in [4.69, 9.17) is 9.40 Å². The maximum atomic E-state index is 12.2. The summed E-state index contributed by atoms with van der Waals surface area (Å²) >= 11 is 1.78. The van der Waals surface area contributed by atoms with Gasteiger partial charge in [0.15, 0.2) is 5.78 Å². The van der Waals surface area contributed by atoms with Crippen molar-refractivity contribution in [2.75, 3.05) is 0 Å². The Bertz CT molecular complexity index is 2140. The van der Waals surface area contributed by atoms with Gasteiger partial charge in [-0.05, 0) is 67.2 Å². The second-order valence-electron chi connectivity index (χ2n) is 14.7. The number of benzene rings is 3. The van der Waals surface area contributed by atoms with Crippen molar-refractivity contribution in [3.63, 3.8) is 0 Å². The Labute approximate surface area is 309 Å². The van der Waals surface area contributed by atoms with E-state index in [1.54, 1.807) is 11.3 Å². The van der Waals surface area contributed by atoms with Crippen LogP contribution in [-0.2, 0) is 30.3 Å². The van der Waals surface area contributed by atoms with E-state index in [2.05, 4.69) is 87.7 Å². The zero-order valence-corrected chi connectivity index (χ0v) is 33.8. The molecule has 6 heteroatoms. The molecule has 3 heterocycles. The van der Waals surface area contributed by atoms with Crippen LogP contribution in [0.3, 0.4) is 0 Å². The van der Waals surface area contributed by atoms with Crippen LogP contribution in [-0.4, -0.2) is 15.9 Å². The van der Waals surface area contributed by atoms with Gasteiger partial charge in [-0.15, -0.1) is 40.5 Å². The molecule has 49 heavy (non-hydrogen) atoms. The number of thiophene rings is 1. The molecule has 3 aromatic carbocycles. The first-order chi connectivity index (χ1) is 22.7. The number of aromatic nitrogens is 1. The van der Waals surface area contributed by atoms with E-state index in [1.165, 1.54) is 38.1 Å². The predicted octanol–water partition coefficient (Wildman–Crippen LogP) is 13.1. The third-order valence-electron chi connectivity index (χ3n) is 10.7. The fraction of sp³-hybridized carbons (Fsp3) is 0.395. The maximum Gasteiger partial charge on any atom is 0.164 e. The van der Waals surface area contributed by atoms with Crippen LogP contribution in [0, 0.1) is 23.8 Å². The molecule has 3 aromatic heterocycles. The van der Waals surface area contributed by atoms with Crippen LogP contribution in [0.1, 0.15) is 99.1 Å². The van der Waals surface area contributed by atoms with Gasteiger partial charge in [0.2, 0.25) is 0 Å². The molecule has 1 radical (unpaired) electrons. The molecule has 0 aliphatic heterocycles. The number of ketones is 1. The Kier molecular flexibility index (Phi) is 11.7. The summed E-state index contributed by atoms with van der Waals surface area (Å²) in [5.74, 6) is 0.286. The number of fused-ring (bicyclic) bond motifs is 6. The third-order valence-corrected chi connectivity index (χ3v) is 11.8. The molecular weight excluding hydrogens is 803 g/mol. The van der Waals surface area contributed by atoms with E-state index >= 15 is 0 Å². The number of hydrogen-bond donors (Lipinski definition) is 1. The maximum absolute atomic E-state index is 12.2. The number of aliphatic hydroxyl groups excluding tert-OH is 1. The molecular formula is C43H50IrNO3S-. The molecule has 0 spiro atoms. The average molecular weight is 853 g/mol. The van der Waals surface area contributed by atoms with Gasteiger partial charge in [-0.2, -0.15) is 0 Å². The van der Waals surface area contributed by atoms with Crippen LogP contribution in [0.25, 0.3) is 54.1 Å². The SMILES string of the molecule is CCC(C)(CC)C(=O)/C=C(\O)C(C)(CC)CC.Cc1csc2ccc3oc4c(-c5[c-]c6ccccc6c(C(C)(C)C)c5)nccc4c3c12.[Ir]. The fourth-order valence-electron chi connectivity index (χ4n) is 6.33. The van der Waals surface area contributed by atoms with Gasteiger partial charge in [-0.25, -0.2) is 0 Å². The number of aryl methyl sites for hydroxylation is 1. The Balaban J connectivity index is 0.000000260. The number of rotatable bonds is 8. The largest absolute Gasteiger partial charge is 0.512 e. The summed E-state index contributed by atoms with van der Waals surface area (Å²) in [7, 11) is 0. The van der Waals surface area contributed by atoms with Crippen molar-refractivity contribution in [1.29, 1.82) is 0 Å². The zero-order chi connectivity index (χ0) is 35.0. The van der Waals surface area contributed by atoms with Crippen molar-refractivity contribution < 1.29 is 34.4 Å². The second-order valence-corrected chi connectivity index (χ2v) is 15.6. The van der Waals surface area contributed by atoms with Crippen LogP contribution < -0.4 is 0 Å². The van der Waals surface area contributed by atoms with E-state index < -0.39 is 0 Å². The van der Waals surface area contributed by atoms with Crippen molar-refractivity contribution in [2.45, 2.75) is 100 Å². The third kappa shape index (κ3) is 7.29. The Morgan fingerprint density at radius 3 is 2.18 bits per heavy atom. The molecule has 1 N–H and O–H groups in total. The first kappa shape index (κ1) is 38.5. The van der Waals surface area contributed by atoms with Crippen molar-refractivity contribution in [3.8, 4) is 11.3 Å². The summed E-state index contributed by atoms with van der Waals surface area (Å²) in [4.78, 5) is 16.9. The van der Waals surface area contributed by atoms with Crippen LogP contribution in [0.5, 0.6) is 0 Å². The summed E-state index contributed by atoms with van der Waals surface area (Å²) in [5.41, 5.74) is 5.57. The minimum Gasteiger partial charge on any atom is -0.512 e. The van der Waals surface area contributed by atoms with E-state index in [1.807, 2.05) is 47.7 Å². The number of furan rings is 1. The number of pyridine rings is 1. The van der Waals surface area contributed by atoms with Gasteiger partial charge >= 0.3 is 0 Å². The number of nitrogens with zero attached hydrogens (tertiary/aromatic N) is 1. The second kappa shape index (κ2) is 14.9. The van der Waals surface area contributed by atoms with Crippen LogP contribution in [0.15, 0.2) is 76.4 Å². The van der Waals surface area contributed by atoms with Gasteiger partial charge in [0.1, 0.15) is 16.9 Å². The summed E-state index contributed by atoms with van der Waals surface area (Å²) in [6, 6.07) is 20.6. The molecule has 0 saturated carbocycles. The average Bonchev–Trinajstić information content (AvgIpc) is 3.66. The molecule has 0 fully saturated rings. The minimum atomic E-state index is -0.337. The summed E-state index contributed by atoms with van der Waals surface area (Å²) in [6.07, 6.45) is 6.65. The van der Waals surface area contributed by atoms with E-state index in [9.17, 15) is 9.90 Å². The molecule has 0 aliphatic carbocycles. The minimum absolute atomic E-state index is 0. The number of carbonyl (C=O) groups excluding carboxylic acids is 1. The van der Waals surface area contributed by atoms with Crippen molar-refractivity contribution >= 4 is 59.9 Å². The number of allylic oxidation sites excluding steroid dienone is 2. The van der Waals surface area contributed by atoms with Crippen LogP contribution >= 0.6 is 11.3 Å². The first-order valence-electron chi connectivity index (χ1n) is 17.3. The van der Waals surface area contributed by atoms with Crippen molar-refractivity contribution in [1.82, 2.24) is 4.98 Å². The van der Waals surface area contributed by atoms with Crippen LogP contribution in [0.4, 0.5) is 0 Å². The van der Waals surface area contributed by atoms with Gasteiger partial charge in [-0.1, -0.05) is 91.5 Å². The van der Waals surface area contributed by atoms with Gasteiger partial charge < -0.3 is 9.52 Å². The van der Waals surface area contributed by atoms with Gasteiger partial charge in [0, 0.05) is 69.8 Å². The molecule has 0 aliphatic rings. The summed E-state index contributed by atoms with van der Waals surface area (Å²) < 4.78 is 7.72. The molecule has 0 unspecified atom stereocenters. The van der Waals surface area contributed by atoms with Gasteiger partial charge in [0.25, 0.3) is 0 Å². The first-order valence-corrected chi connectivity index (χ1v) is 18.2. The van der Waals surface area contributed by atoms with E-state index in [-0.39, 0.29) is 47.9 Å². The summed E-state index contributed by atoms with van der Waals surface area (Å²) in [5, 5.41) is 18.3. The van der Waals surface area contributed by atoms with E-state index in [0.717, 1.165) is 58.9 Å². The Morgan fingerprint density at radius 1 is 0.898 bits per heavy atom. The molecule has 0 saturated heterocycles. The molecule has 6 rings (SSSR count). The van der Waals surface area contributed by atoms with Gasteiger partial charge in [0.05, 0.1) is 0 Å². The normalized spacial score (nSPS) is 12.7. The molecule has 0 atom stereocenters. The Hall–Kier alpha value is -3.31. The van der Waals surface area contributed by atoms with Crippen molar-refractivity contribution in [3.05, 3.63) is 89.1 Å². The van der Waals surface area contributed by atoms with Crippen LogP contribution in [0.2, 0.25) is 0 Å². The molecule has 6 aromatic rings. The molecule has 0 amide bonds. The number of aliphatic hydroxyl groups is 1. The smallest absolute Gasteiger partial charge is 0.164 e. The Morgan fingerprint density at radius 2 is 1.55 bits per heavy atom.